The van der Waals surface area contributed by atoms with Crippen molar-refractivity contribution < 1.29 is 9.53 Å². The smallest absolute Gasteiger partial charge is 0.271 e. The maximum Gasteiger partial charge on any atom is 0.271 e. The van der Waals surface area contributed by atoms with Gasteiger partial charge in [-0.15, -0.1) is 0 Å². The maximum atomic E-state index is 12.4. The Morgan fingerprint density at radius 2 is 1.77 bits per heavy atom. The number of nitrogens with one attached hydrogen (secondary N) is 1. The number of rotatable bonds is 6. The second-order valence-electron chi connectivity index (χ2n) is 7.32. The number of aryl methyl sites for hydroxylation is 1. The lowest BCUT2D eigenvalue weighted by molar-refractivity contribution is 0.0955. The number of amides is 1. The van der Waals surface area contributed by atoms with Crippen LogP contribution >= 0.6 is 0 Å². The van der Waals surface area contributed by atoms with Crippen LogP contribution in [0.3, 0.4) is 0 Å². The van der Waals surface area contributed by atoms with Gasteiger partial charge in [0.1, 0.15) is 5.75 Å². The first kappa shape index (κ1) is 20.4. The molecule has 5 nitrogen and oxygen atoms in total. The van der Waals surface area contributed by atoms with E-state index < -0.39 is 0 Å². The minimum absolute atomic E-state index is 0.262. The molecule has 0 saturated carbocycles. The van der Waals surface area contributed by atoms with E-state index in [0.29, 0.717) is 12.2 Å². The molecule has 1 aromatic heterocycles. The molecule has 0 aliphatic rings. The number of ether oxygens (including phenoxy) is 1. The van der Waals surface area contributed by atoms with Crippen molar-refractivity contribution in [3.63, 3.8) is 0 Å². The predicted octanol–water partition coefficient (Wildman–Crippen LogP) is 5.41. The number of fused-ring (bicyclic) bond motifs is 1. The molecule has 4 aromatic rings. The monoisotopic (exact) mass is 411 g/mol. The molecule has 1 heterocycles. The van der Waals surface area contributed by atoms with Crippen LogP contribution in [0.2, 0.25) is 0 Å². The van der Waals surface area contributed by atoms with Gasteiger partial charge in [-0.25, -0.2) is 5.43 Å². The third kappa shape index (κ3) is 4.21. The van der Waals surface area contributed by atoms with Crippen LogP contribution in [0.1, 0.15) is 34.2 Å². The van der Waals surface area contributed by atoms with E-state index in [0.717, 1.165) is 28.4 Å². The Morgan fingerprint density at radius 3 is 2.55 bits per heavy atom. The average Bonchev–Trinajstić information content (AvgIpc) is 3.07. The fourth-order valence-electron chi connectivity index (χ4n) is 3.79. The van der Waals surface area contributed by atoms with Crippen molar-refractivity contribution in [1.29, 1.82) is 0 Å². The summed E-state index contributed by atoms with van der Waals surface area (Å²) in [5, 5.41) is 6.57. The SMILES string of the molecule is CCOc1ccc(C(=O)N/N=C\c2cc(C)n(-c3cccc4ccccc34)c2C)cc1. The number of hydrogen-bond donors (Lipinski definition) is 1. The van der Waals surface area contributed by atoms with Gasteiger partial charge in [0.2, 0.25) is 0 Å². The zero-order valence-electron chi connectivity index (χ0n) is 17.9. The normalized spacial score (nSPS) is 11.2. The molecule has 0 fully saturated rings. The quantitative estimate of drug-likeness (QED) is 0.341. The Bertz CT molecular complexity index is 1250. The summed E-state index contributed by atoms with van der Waals surface area (Å²) in [6.45, 7) is 6.65. The standard InChI is InChI=1S/C26H25N3O2/c1-4-31-23-14-12-21(13-15-23)26(30)28-27-17-22-16-18(2)29(19(22)3)25-11-7-9-20-8-5-6-10-24(20)25/h5-17H,4H2,1-3H3,(H,28,30)/b27-17-. The highest BCUT2D eigenvalue weighted by Crippen LogP contribution is 2.26. The molecule has 4 rings (SSSR count). The van der Waals surface area contributed by atoms with Gasteiger partial charge in [0.05, 0.1) is 18.5 Å². The van der Waals surface area contributed by atoms with Crippen LogP contribution in [0.25, 0.3) is 16.5 Å². The zero-order chi connectivity index (χ0) is 21.8. The molecule has 0 spiro atoms. The number of hydrogen-bond acceptors (Lipinski definition) is 3. The molecule has 1 amide bonds. The first-order valence-corrected chi connectivity index (χ1v) is 10.3. The molecule has 156 valence electrons. The van der Waals surface area contributed by atoms with Crippen molar-refractivity contribution in [2.45, 2.75) is 20.8 Å². The molecular formula is C26H25N3O2. The summed E-state index contributed by atoms with van der Waals surface area (Å²) in [6.07, 6.45) is 1.69. The third-order valence-electron chi connectivity index (χ3n) is 5.28. The van der Waals surface area contributed by atoms with E-state index in [4.69, 9.17) is 4.74 Å². The van der Waals surface area contributed by atoms with Crippen molar-refractivity contribution in [3.8, 4) is 11.4 Å². The molecule has 1 N–H and O–H groups in total. The molecule has 3 aromatic carbocycles. The van der Waals surface area contributed by atoms with Gasteiger partial charge in [-0.3, -0.25) is 4.79 Å². The number of carbonyl (C=O) groups is 1. The lowest BCUT2D eigenvalue weighted by Crippen LogP contribution is -2.17. The number of aromatic nitrogens is 1. The second-order valence-corrected chi connectivity index (χ2v) is 7.32. The van der Waals surface area contributed by atoms with Gasteiger partial charge >= 0.3 is 0 Å². The summed E-state index contributed by atoms with van der Waals surface area (Å²) in [7, 11) is 0. The number of benzene rings is 3. The summed E-state index contributed by atoms with van der Waals surface area (Å²) in [5.41, 5.74) is 7.39. The van der Waals surface area contributed by atoms with Gasteiger partial charge in [-0.1, -0.05) is 36.4 Å². The van der Waals surface area contributed by atoms with Gasteiger partial charge in [0.25, 0.3) is 5.91 Å². The fourth-order valence-corrected chi connectivity index (χ4v) is 3.79. The summed E-state index contributed by atoms with van der Waals surface area (Å²) < 4.78 is 7.63. The molecule has 0 saturated heterocycles. The Labute approximate surface area is 182 Å². The van der Waals surface area contributed by atoms with Crippen LogP contribution in [0, 0.1) is 13.8 Å². The molecule has 0 radical (unpaired) electrons. The average molecular weight is 412 g/mol. The van der Waals surface area contributed by atoms with Crippen LogP contribution in [-0.4, -0.2) is 23.3 Å². The zero-order valence-corrected chi connectivity index (χ0v) is 17.9. The van der Waals surface area contributed by atoms with E-state index in [9.17, 15) is 4.79 Å². The van der Waals surface area contributed by atoms with Gasteiger partial charge in [0, 0.05) is 27.9 Å². The number of nitrogens with zero attached hydrogens (tertiary/aromatic N) is 2. The van der Waals surface area contributed by atoms with E-state index in [-0.39, 0.29) is 5.91 Å². The van der Waals surface area contributed by atoms with E-state index in [1.54, 1.807) is 30.5 Å². The fraction of sp³-hybridized carbons (Fsp3) is 0.154. The van der Waals surface area contributed by atoms with Crippen LogP contribution in [-0.2, 0) is 0 Å². The highest BCUT2D eigenvalue weighted by Gasteiger charge is 2.12. The molecule has 0 unspecified atom stereocenters. The van der Waals surface area contributed by atoms with Gasteiger partial charge in [-0.05, 0) is 62.6 Å². The lowest BCUT2D eigenvalue weighted by Gasteiger charge is -2.13. The van der Waals surface area contributed by atoms with E-state index in [2.05, 4.69) is 71.4 Å². The summed E-state index contributed by atoms with van der Waals surface area (Å²) in [5.74, 6) is 0.477. The predicted molar refractivity (Wildman–Crippen MR) is 125 cm³/mol. The van der Waals surface area contributed by atoms with E-state index in [1.165, 1.54) is 10.8 Å². The largest absolute Gasteiger partial charge is 0.494 e. The van der Waals surface area contributed by atoms with Crippen LogP contribution in [0.5, 0.6) is 5.75 Å². The molecule has 31 heavy (non-hydrogen) atoms. The molecule has 0 bridgehead atoms. The lowest BCUT2D eigenvalue weighted by atomic mass is 10.1. The number of carbonyl (C=O) groups excluding carboxylic acids is 1. The third-order valence-corrected chi connectivity index (χ3v) is 5.28. The minimum atomic E-state index is -0.262. The highest BCUT2D eigenvalue weighted by atomic mass is 16.5. The van der Waals surface area contributed by atoms with Crippen molar-refractivity contribution in [1.82, 2.24) is 9.99 Å². The number of hydrazone groups is 1. The summed E-state index contributed by atoms with van der Waals surface area (Å²) in [6, 6.07) is 23.7. The Kier molecular flexibility index (Phi) is 5.85. The second kappa shape index (κ2) is 8.88. The van der Waals surface area contributed by atoms with Crippen molar-refractivity contribution >= 4 is 22.9 Å². The summed E-state index contributed by atoms with van der Waals surface area (Å²) in [4.78, 5) is 12.4. The first-order valence-electron chi connectivity index (χ1n) is 10.3. The van der Waals surface area contributed by atoms with Gasteiger partial charge < -0.3 is 9.30 Å². The first-order chi connectivity index (χ1) is 15.1. The maximum absolute atomic E-state index is 12.4. The minimum Gasteiger partial charge on any atom is -0.494 e. The molecular weight excluding hydrogens is 386 g/mol. The van der Waals surface area contributed by atoms with Crippen LogP contribution < -0.4 is 10.2 Å². The van der Waals surface area contributed by atoms with E-state index in [1.807, 2.05) is 13.0 Å². The molecule has 0 atom stereocenters. The van der Waals surface area contributed by atoms with Gasteiger partial charge in [-0.2, -0.15) is 5.10 Å². The van der Waals surface area contributed by atoms with E-state index >= 15 is 0 Å². The topological polar surface area (TPSA) is 55.6 Å². The molecule has 0 aliphatic heterocycles. The van der Waals surface area contributed by atoms with Crippen LogP contribution in [0.4, 0.5) is 0 Å². The van der Waals surface area contributed by atoms with Crippen molar-refractivity contribution in [3.05, 3.63) is 95.3 Å². The van der Waals surface area contributed by atoms with Crippen LogP contribution in [0.15, 0.2) is 77.9 Å². The highest BCUT2D eigenvalue weighted by molar-refractivity contribution is 5.95. The van der Waals surface area contributed by atoms with Crippen molar-refractivity contribution in [2.75, 3.05) is 6.61 Å². The Balaban J connectivity index is 1.55. The van der Waals surface area contributed by atoms with Crippen molar-refractivity contribution in [2.24, 2.45) is 5.10 Å². The van der Waals surface area contributed by atoms with Gasteiger partial charge in [0.15, 0.2) is 0 Å². The Hall–Kier alpha value is -3.86. The Morgan fingerprint density at radius 1 is 1.03 bits per heavy atom. The molecule has 0 aliphatic carbocycles. The molecule has 5 heteroatoms. The summed E-state index contributed by atoms with van der Waals surface area (Å²) >= 11 is 0.